The Labute approximate surface area is 341 Å². The SMILES string of the molecule is c1ccc(-n2c3ccccc3c3ccc([Si](c4ccccc4)(c4ccccc4)c4ccc(-n5c6ccccc6c6ccc7sc8ccccc8c7c65)cc4)cc32)cc1. The van der Waals surface area contributed by atoms with Gasteiger partial charge < -0.3 is 9.13 Å². The molecule has 0 fully saturated rings. The van der Waals surface area contributed by atoms with Gasteiger partial charge in [0, 0.05) is 53.1 Å². The van der Waals surface area contributed by atoms with Gasteiger partial charge in [-0.15, -0.1) is 11.3 Å². The fraction of sp³-hybridized carbons (Fsp3) is 0. The quantitative estimate of drug-likeness (QED) is 0.118. The molecule has 0 atom stereocenters. The van der Waals surface area contributed by atoms with E-state index in [2.05, 4.69) is 228 Å². The van der Waals surface area contributed by atoms with Crippen LogP contribution in [-0.2, 0) is 0 Å². The lowest BCUT2D eigenvalue weighted by Crippen LogP contribution is -2.74. The Morgan fingerprint density at radius 1 is 0.310 bits per heavy atom. The van der Waals surface area contributed by atoms with E-state index in [9.17, 15) is 0 Å². The van der Waals surface area contributed by atoms with Crippen LogP contribution in [0, 0.1) is 0 Å². The zero-order chi connectivity index (χ0) is 38.2. The highest BCUT2D eigenvalue weighted by Crippen LogP contribution is 2.43. The first-order valence-electron chi connectivity index (χ1n) is 19.9. The molecule has 0 unspecified atom stereocenters. The Kier molecular flexibility index (Phi) is 7.46. The molecule has 0 aliphatic carbocycles. The first kappa shape index (κ1) is 33.2. The summed E-state index contributed by atoms with van der Waals surface area (Å²) in [6.45, 7) is 0. The van der Waals surface area contributed by atoms with Gasteiger partial charge in [0.1, 0.15) is 0 Å². The van der Waals surface area contributed by atoms with Crippen LogP contribution in [0.5, 0.6) is 0 Å². The Hall–Kier alpha value is -6.98. The predicted octanol–water partition coefficient (Wildman–Crippen LogP) is 11.6. The van der Waals surface area contributed by atoms with Crippen molar-refractivity contribution in [2.75, 3.05) is 0 Å². The van der Waals surface area contributed by atoms with Gasteiger partial charge in [0.2, 0.25) is 0 Å². The summed E-state index contributed by atoms with van der Waals surface area (Å²) in [5.74, 6) is 0. The summed E-state index contributed by atoms with van der Waals surface area (Å²) >= 11 is 1.88. The van der Waals surface area contributed by atoms with E-state index in [4.69, 9.17) is 0 Å². The highest BCUT2D eigenvalue weighted by atomic mass is 32.1. The molecule has 272 valence electrons. The van der Waals surface area contributed by atoms with E-state index in [1.165, 1.54) is 95.9 Å². The van der Waals surface area contributed by atoms with E-state index in [1.54, 1.807) is 0 Å². The Balaban J connectivity index is 1.15. The molecule has 2 nitrogen and oxygen atoms in total. The highest BCUT2D eigenvalue weighted by Gasteiger charge is 2.42. The molecule has 3 heterocycles. The molecular weight excluding hydrogens is 737 g/mol. The first-order chi connectivity index (χ1) is 28.8. The lowest BCUT2D eigenvalue weighted by atomic mass is 10.1. The molecule has 3 aromatic heterocycles. The maximum atomic E-state index is 2.51. The van der Waals surface area contributed by atoms with Gasteiger partial charge in [-0.05, 0) is 75.3 Å². The van der Waals surface area contributed by atoms with E-state index in [1.807, 2.05) is 11.3 Å². The normalized spacial score (nSPS) is 12.1. The maximum absolute atomic E-state index is 2.90. The lowest BCUT2D eigenvalue weighted by Gasteiger charge is -2.34. The van der Waals surface area contributed by atoms with Crippen molar-refractivity contribution < 1.29 is 0 Å². The maximum Gasteiger partial charge on any atom is 0.179 e. The predicted molar refractivity (Wildman–Crippen MR) is 252 cm³/mol. The molecule has 9 aromatic carbocycles. The number of rotatable bonds is 6. The Morgan fingerprint density at radius 3 is 1.48 bits per heavy atom. The molecule has 0 N–H and O–H groups in total. The smallest absolute Gasteiger partial charge is 0.179 e. The van der Waals surface area contributed by atoms with Crippen molar-refractivity contribution >= 4 is 104 Å². The number of aromatic nitrogens is 2. The number of benzene rings is 9. The number of para-hydroxylation sites is 3. The van der Waals surface area contributed by atoms with Gasteiger partial charge in [0.05, 0.1) is 22.1 Å². The van der Waals surface area contributed by atoms with Gasteiger partial charge in [-0.25, -0.2) is 0 Å². The fourth-order valence-corrected chi connectivity index (χ4v) is 15.7. The van der Waals surface area contributed by atoms with Crippen LogP contribution < -0.4 is 20.7 Å². The number of hydrogen-bond donors (Lipinski definition) is 0. The molecule has 4 heteroatoms. The molecule has 0 radical (unpaired) electrons. The van der Waals surface area contributed by atoms with Gasteiger partial charge in [-0.3, -0.25) is 0 Å². The van der Waals surface area contributed by atoms with Crippen LogP contribution in [0.3, 0.4) is 0 Å². The van der Waals surface area contributed by atoms with Crippen molar-refractivity contribution in [3.05, 3.63) is 218 Å². The third-order valence-corrected chi connectivity index (χ3v) is 18.2. The van der Waals surface area contributed by atoms with Crippen molar-refractivity contribution in [2.45, 2.75) is 0 Å². The average Bonchev–Trinajstić information content (AvgIpc) is 3.95. The minimum Gasteiger partial charge on any atom is -0.309 e. The molecule has 0 bridgehead atoms. The molecule has 0 saturated heterocycles. The van der Waals surface area contributed by atoms with Gasteiger partial charge >= 0.3 is 0 Å². The van der Waals surface area contributed by atoms with Crippen molar-refractivity contribution in [3.8, 4) is 11.4 Å². The fourth-order valence-electron chi connectivity index (χ4n) is 9.83. The third kappa shape index (κ3) is 4.76. The van der Waals surface area contributed by atoms with Crippen LogP contribution in [-0.4, -0.2) is 17.2 Å². The molecule has 0 aliphatic rings. The summed E-state index contributed by atoms with van der Waals surface area (Å²) in [7, 11) is -2.90. The number of fused-ring (bicyclic) bond motifs is 10. The second-order valence-corrected chi connectivity index (χ2v) is 20.1. The molecule has 58 heavy (non-hydrogen) atoms. The second kappa shape index (κ2) is 13.0. The topological polar surface area (TPSA) is 9.86 Å². The lowest BCUT2D eigenvalue weighted by molar-refractivity contribution is 1.18. The summed E-state index contributed by atoms with van der Waals surface area (Å²) < 4.78 is 7.59. The summed E-state index contributed by atoms with van der Waals surface area (Å²) in [6.07, 6.45) is 0. The monoisotopic (exact) mass is 772 g/mol. The van der Waals surface area contributed by atoms with Crippen molar-refractivity contribution in [2.24, 2.45) is 0 Å². The van der Waals surface area contributed by atoms with Crippen LogP contribution in [0.25, 0.3) is 75.2 Å². The van der Waals surface area contributed by atoms with E-state index < -0.39 is 8.07 Å². The molecule has 0 spiro atoms. The summed E-state index contributed by atoms with van der Waals surface area (Å²) in [4.78, 5) is 0. The Morgan fingerprint density at radius 2 is 0.793 bits per heavy atom. The van der Waals surface area contributed by atoms with E-state index in [-0.39, 0.29) is 0 Å². The van der Waals surface area contributed by atoms with Crippen LogP contribution in [0.2, 0.25) is 0 Å². The minimum absolute atomic E-state index is 1.17. The second-order valence-electron chi connectivity index (χ2n) is 15.2. The Bertz CT molecular complexity index is 3450. The summed E-state index contributed by atoms with van der Waals surface area (Å²) in [5, 5.41) is 13.2. The van der Waals surface area contributed by atoms with Gasteiger partial charge in [0.25, 0.3) is 0 Å². The molecular formula is C54H36N2SSi. The highest BCUT2D eigenvalue weighted by molar-refractivity contribution is 7.26. The zero-order valence-corrected chi connectivity index (χ0v) is 33.4. The molecule has 0 aliphatic heterocycles. The molecule has 0 amide bonds. The van der Waals surface area contributed by atoms with Crippen molar-refractivity contribution in [1.82, 2.24) is 9.13 Å². The third-order valence-electron chi connectivity index (χ3n) is 12.3. The van der Waals surface area contributed by atoms with Crippen molar-refractivity contribution in [3.63, 3.8) is 0 Å². The average molecular weight is 773 g/mol. The van der Waals surface area contributed by atoms with Crippen molar-refractivity contribution in [1.29, 1.82) is 0 Å². The number of nitrogens with zero attached hydrogens (tertiary/aromatic N) is 2. The van der Waals surface area contributed by atoms with Crippen LogP contribution in [0.1, 0.15) is 0 Å². The van der Waals surface area contributed by atoms with Gasteiger partial charge in [-0.1, -0.05) is 164 Å². The molecule has 12 aromatic rings. The number of thiophene rings is 1. The van der Waals surface area contributed by atoms with Gasteiger partial charge in [0.15, 0.2) is 8.07 Å². The van der Waals surface area contributed by atoms with E-state index in [0.717, 1.165) is 0 Å². The van der Waals surface area contributed by atoms with E-state index in [0.29, 0.717) is 0 Å². The van der Waals surface area contributed by atoms with Crippen LogP contribution in [0.15, 0.2) is 218 Å². The van der Waals surface area contributed by atoms with E-state index >= 15 is 0 Å². The standard InChI is InChI=1S/C54H36N2SSi/c1-4-16-37(17-5-1)55-48-25-13-10-22-43(48)45-33-32-42(36-50(45)55)58(39-18-6-2-7-19-39,40-20-8-3-9-21-40)41-30-28-38(29-31-41)56-49-26-14-11-23-44(49)46-34-35-52-53(54(46)56)47-24-12-15-27-51(47)57-52/h1-36H. The summed E-state index contributed by atoms with van der Waals surface area (Å²) in [6, 6.07) is 81.5. The molecule has 12 rings (SSSR count). The van der Waals surface area contributed by atoms with Crippen LogP contribution in [0.4, 0.5) is 0 Å². The van der Waals surface area contributed by atoms with Crippen LogP contribution >= 0.6 is 11.3 Å². The molecule has 0 saturated carbocycles. The largest absolute Gasteiger partial charge is 0.309 e. The minimum atomic E-state index is -2.90. The first-order valence-corrected chi connectivity index (χ1v) is 22.8. The van der Waals surface area contributed by atoms with Gasteiger partial charge in [-0.2, -0.15) is 0 Å². The summed E-state index contributed by atoms with van der Waals surface area (Å²) in [5.41, 5.74) is 7.28. The zero-order valence-electron chi connectivity index (χ0n) is 31.6. The number of hydrogen-bond acceptors (Lipinski definition) is 1.